The molecular weight excluding hydrogens is 374 g/mol. The van der Waals surface area contributed by atoms with Gasteiger partial charge in [-0.3, -0.25) is 9.88 Å². The minimum absolute atomic E-state index is 0.243. The van der Waals surface area contributed by atoms with Crippen molar-refractivity contribution in [3.8, 4) is 11.3 Å². The summed E-state index contributed by atoms with van der Waals surface area (Å²) in [5.74, 6) is 0. The molecule has 2 N–H and O–H groups in total. The lowest BCUT2D eigenvalue weighted by Crippen LogP contribution is -2.31. The van der Waals surface area contributed by atoms with Crippen LogP contribution in [-0.4, -0.2) is 45.3 Å². The fraction of sp³-hybridized carbons (Fsp3) is 0.480. The third kappa shape index (κ3) is 4.29. The third-order valence-corrected chi connectivity index (χ3v) is 6.65. The molecule has 30 heavy (non-hydrogen) atoms. The zero-order valence-electron chi connectivity index (χ0n) is 17.5. The minimum Gasteiger partial charge on any atom is -0.395 e. The van der Waals surface area contributed by atoms with E-state index in [0.717, 1.165) is 42.7 Å². The fourth-order valence-electron chi connectivity index (χ4n) is 4.95. The number of aliphatic hydroxyl groups is 1. The first kappa shape index (κ1) is 19.7. The molecule has 1 aliphatic heterocycles. The van der Waals surface area contributed by atoms with Gasteiger partial charge in [-0.25, -0.2) is 0 Å². The number of ether oxygens (including phenoxy) is 1. The highest BCUT2D eigenvalue weighted by atomic mass is 16.5. The number of rotatable bonds is 7. The average molecular weight is 406 g/mol. The summed E-state index contributed by atoms with van der Waals surface area (Å²) in [5, 5.41) is 10.8. The lowest BCUT2D eigenvalue weighted by atomic mass is 10.1. The number of nitrogens with one attached hydrogen (secondary N) is 1. The molecule has 0 unspecified atom stereocenters. The van der Waals surface area contributed by atoms with Gasteiger partial charge in [-0.2, -0.15) is 0 Å². The van der Waals surface area contributed by atoms with Gasteiger partial charge in [-0.15, -0.1) is 0 Å². The molecular formula is C25H31N3O2. The summed E-state index contributed by atoms with van der Waals surface area (Å²) >= 11 is 0. The van der Waals surface area contributed by atoms with Gasteiger partial charge < -0.3 is 14.8 Å². The Morgan fingerprint density at radius 2 is 2.00 bits per heavy atom. The third-order valence-electron chi connectivity index (χ3n) is 6.65. The summed E-state index contributed by atoms with van der Waals surface area (Å²) in [6, 6.07) is 13.2. The molecule has 0 amide bonds. The number of nitrogens with zero attached hydrogens (tertiary/aromatic N) is 2. The normalized spacial score (nSPS) is 20.5. The molecule has 5 rings (SSSR count). The van der Waals surface area contributed by atoms with E-state index in [9.17, 15) is 5.11 Å². The van der Waals surface area contributed by atoms with Crippen LogP contribution < -0.4 is 0 Å². The molecule has 2 aromatic heterocycles. The number of aromatic nitrogens is 2. The monoisotopic (exact) mass is 405 g/mol. The van der Waals surface area contributed by atoms with E-state index < -0.39 is 0 Å². The molecule has 158 valence electrons. The van der Waals surface area contributed by atoms with E-state index >= 15 is 0 Å². The highest BCUT2D eigenvalue weighted by Crippen LogP contribution is 2.27. The van der Waals surface area contributed by atoms with Crippen LogP contribution in [0.3, 0.4) is 0 Å². The molecule has 0 spiro atoms. The van der Waals surface area contributed by atoms with E-state index in [1.54, 1.807) is 0 Å². The molecule has 2 aliphatic rings. The van der Waals surface area contributed by atoms with Crippen molar-refractivity contribution in [2.45, 2.75) is 63.8 Å². The summed E-state index contributed by atoms with van der Waals surface area (Å²) < 4.78 is 6.09. The van der Waals surface area contributed by atoms with Gasteiger partial charge in [0.25, 0.3) is 0 Å². The van der Waals surface area contributed by atoms with Gasteiger partial charge in [-0.1, -0.05) is 31.0 Å². The Morgan fingerprint density at radius 1 is 1.10 bits per heavy atom. The van der Waals surface area contributed by atoms with Crippen molar-refractivity contribution in [2.24, 2.45) is 0 Å². The number of pyridine rings is 1. The largest absolute Gasteiger partial charge is 0.395 e. The zero-order chi connectivity index (χ0) is 20.3. The van der Waals surface area contributed by atoms with Gasteiger partial charge in [0.1, 0.15) is 0 Å². The summed E-state index contributed by atoms with van der Waals surface area (Å²) in [4.78, 5) is 10.6. The van der Waals surface area contributed by atoms with E-state index in [1.165, 1.54) is 42.3 Å². The van der Waals surface area contributed by atoms with Crippen LogP contribution in [0, 0.1) is 0 Å². The lowest BCUT2D eigenvalue weighted by Gasteiger charge is -2.21. The standard InChI is InChI=1S/C25H31N3O2/c29-16-22-7-4-10-28(22)15-21-12-20-13-24(26-14-25(20)27-21)19-6-3-5-18(11-19)17-30-23-8-1-2-9-23/h3,5-6,11-14,22-23,27,29H,1-2,4,7-10,15-17H2/t22-/m1/s1. The molecule has 1 saturated heterocycles. The predicted molar refractivity (Wildman–Crippen MR) is 119 cm³/mol. The summed E-state index contributed by atoms with van der Waals surface area (Å²) in [6.07, 6.45) is 9.61. The molecule has 1 aliphatic carbocycles. The number of fused-ring (bicyclic) bond motifs is 1. The molecule has 1 saturated carbocycles. The molecule has 1 atom stereocenters. The van der Waals surface area contributed by atoms with Gasteiger partial charge in [0.2, 0.25) is 0 Å². The summed E-state index contributed by atoms with van der Waals surface area (Å²) in [7, 11) is 0. The molecule has 5 heteroatoms. The van der Waals surface area contributed by atoms with Crippen molar-refractivity contribution in [1.82, 2.24) is 14.9 Å². The smallest absolute Gasteiger partial charge is 0.0720 e. The first-order chi connectivity index (χ1) is 14.8. The second-order valence-electron chi connectivity index (χ2n) is 8.82. The van der Waals surface area contributed by atoms with Gasteiger partial charge in [-0.05, 0) is 56.0 Å². The van der Waals surface area contributed by atoms with Crippen LogP contribution in [0.4, 0.5) is 0 Å². The highest BCUT2D eigenvalue weighted by molar-refractivity contribution is 5.83. The Labute approximate surface area is 178 Å². The van der Waals surface area contributed by atoms with Crippen LogP contribution in [0.15, 0.2) is 42.6 Å². The van der Waals surface area contributed by atoms with Crippen molar-refractivity contribution in [3.05, 3.63) is 53.9 Å². The molecule has 3 heterocycles. The van der Waals surface area contributed by atoms with Crippen LogP contribution in [-0.2, 0) is 17.9 Å². The highest BCUT2D eigenvalue weighted by Gasteiger charge is 2.24. The zero-order valence-corrected chi connectivity index (χ0v) is 17.5. The maximum Gasteiger partial charge on any atom is 0.0720 e. The first-order valence-corrected chi connectivity index (χ1v) is 11.3. The molecule has 3 aromatic rings. The minimum atomic E-state index is 0.243. The lowest BCUT2D eigenvalue weighted by molar-refractivity contribution is 0.0457. The Balaban J connectivity index is 1.31. The van der Waals surface area contributed by atoms with Crippen LogP contribution in [0.5, 0.6) is 0 Å². The van der Waals surface area contributed by atoms with E-state index in [4.69, 9.17) is 9.72 Å². The summed E-state index contributed by atoms with van der Waals surface area (Å²) in [6.45, 7) is 2.83. The number of aliphatic hydroxyl groups excluding tert-OH is 1. The van der Waals surface area contributed by atoms with Crippen molar-refractivity contribution >= 4 is 10.9 Å². The van der Waals surface area contributed by atoms with Crippen molar-refractivity contribution in [1.29, 1.82) is 0 Å². The number of H-pyrrole nitrogens is 1. The Bertz CT molecular complexity index is 993. The maximum atomic E-state index is 9.57. The van der Waals surface area contributed by atoms with Crippen LogP contribution >= 0.6 is 0 Å². The predicted octanol–water partition coefficient (Wildman–Crippen LogP) is 4.65. The molecule has 1 aromatic carbocycles. The number of hydrogen-bond acceptors (Lipinski definition) is 4. The van der Waals surface area contributed by atoms with Crippen LogP contribution in [0.1, 0.15) is 49.8 Å². The summed E-state index contributed by atoms with van der Waals surface area (Å²) in [5.41, 5.74) is 5.58. The fourth-order valence-corrected chi connectivity index (χ4v) is 4.95. The van der Waals surface area contributed by atoms with Gasteiger partial charge in [0.05, 0.1) is 36.7 Å². The Morgan fingerprint density at radius 3 is 2.87 bits per heavy atom. The maximum absolute atomic E-state index is 9.57. The van der Waals surface area contributed by atoms with Crippen molar-refractivity contribution in [2.75, 3.05) is 13.2 Å². The Kier molecular flexibility index (Phi) is 5.84. The first-order valence-electron chi connectivity index (χ1n) is 11.3. The quantitative estimate of drug-likeness (QED) is 0.601. The van der Waals surface area contributed by atoms with Gasteiger partial charge in [0.15, 0.2) is 0 Å². The van der Waals surface area contributed by atoms with Crippen LogP contribution in [0.2, 0.25) is 0 Å². The SMILES string of the molecule is OC[C@H]1CCCN1Cc1cc2cc(-c3cccc(COC4CCCC4)c3)ncc2[nH]1. The second kappa shape index (κ2) is 8.88. The van der Waals surface area contributed by atoms with Crippen molar-refractivity contribution in [3.63, 3.8) is 0 Å². The molecule has 0 radical (unpaired) electrons. The van der Waals surface area contributed by atoms with Gasteiger partial charge in [0, 0.05) is 29.2 Å². The molecule has 0 bridgehead atoms. The topological polar surface area (TPSA) is 61.4 Å². The number of likely N-dealkylation sites (tertiary alicyclic amines) is 1. The average Bonchev–Trinajstić information content (AvgIpc) is 3.52. The Hall–Kier alpha value is -2.21. The van der Waals surface area contributed by atoms with E-state index in [0.29, 0.717) is 18.8 Å². The van der Waals surface area contributed by atoms with E-state index in [-0.39, 0.29) is 6.61 Å². The number of benzene rings is 1. The van der Waals surface area contributed by atoms with E-state index in [2.05, 4.69) is 46.3 Å². The van der Waals surface area contributed by atoms with E-state index in [1.807, 2.05) is 6.20 Å². The molecule has 5 nitrogen and oxygen atoms in total. The van der Waals surface area contributed by atoms with Crippen LogP contribution in [0.25, 0.3) is 22.2 Å². The van der Waals surface area contributed by atoms with Gasteiger partial charge >= 0.3 is 0 Å². The second-order valence-corrected chi connectivity index (χ2v) is 8.82. The number of hydrogen-bond donors (Lipinski definition) is 2. The number of aromatic amines is 1. The van der Waals surface area contributed by atoms with Crippen molar-refractivity contribution < 1.29 is 9.84 Å². The molecule has 2 fully saturated rings.